The van der Waals surface area contributed by atoms with E-state index in [9.17, 15) is 26.4 Å². The highest BCUT2D eigenvalue weighted by molar-refractivity contribution is 7.92. The number of rotatable bonds is 6. The lowest BCUT2D eigenvalue weighted by Gasteiger charge is -2.08. The number of hydrogen-bond acceptors (Lipinski definition) is 4. The third kappa shape index (κ3) is 5.37. The van der Waals surface area contributed by atoms with Crippen LogP contribution in [-0.4, -0.2) is 26.7 Å². The second kappa shape index (κ2) is 6.93. The van der Waals surface area contributed by atoms with Gasteiger partial charge >= 0.3 is 12.1 Å². The maximum absolute atomic E-state index is 12.4. The molecular formula is C13H15F3O4S. The Hall–Kier alpha value is -1.57. The van der Waals surface area contributed by atoms with Gasteiger partial charge in [0.1, 0.15) is 0 Å². The molecule has 0 unspecified atom stereocenters. The van der Waals surface area contributed by atoms with Crippen molar-refractivity contribution in [2.24, 2.45) is 0 Å². The Morgan fingerprint density at radius 1 is 1.19 bits per heavy atom. The summed E-state index contributed by atoms with van der Waals surface area (Å²) >= 11 is 0. The second-order valence-electron chi connectivity index (χ2n) is 4.36. The van der Waals surface area contributed by atoms with Gasteiger partial charge in [-0.2, -0.15) is 13.2 Å². The first-order valence-electron chi connectivity index (χ1n) is 6.22. The van der Waals surface area contributed by atoms with Crippen LogP contribution in [0.1, 0.15) is 25.3 Å². The summed E-state index contributed by atoms with van der Waals surface area (Å²) in [6, 6.07) is 2.99. The molecule has 1 aromatic rings. The van der Waals surface area contributed by atoms with Gasteiger partial charge in [0, 0.05) is 0 Å². The van der Waals surface area contributed by atoms with Gasteiger partial charge in [0.25, 0.3) is 0 Å². The molecule has 0 aliphatic carbocycles. The lowest BCUT2D eigenvalue weighted by Crippen LogP contribution is -2.19. The largest absolute Gasteiger partial charge is 0.465 e. The van der Waals surface area contributed by atoms with Crippen molar-refractivity contribution < 1.29 is 31.1 Å². The summed E-state index contributed by atoms with van der Waals surface area (Å²) in [7, 11) is -4.00. The van der Waals surface area contributed by atoms with Crippen LogP contribution >= 0.6 is 0 Å². The second-order valence-corrected chi connectivity index (χ2v) is 6.34. The standard InChI is InChI=1S/C13H15F3O4S/c1-2-3-8-20-12(17)9-21(18,19)11-6-4-10(5-7-11)13(14,15)16/h4-7H,2-3,8-9H2,1H3. The summed E-state index contributed by atoms with van der Waals surface area (Å²) in [5.41, 5.74) is -0.952. The zero-order chi connectivity index (χ0) is 16.1. The summed E-state index contributed by atoms with van der Waals surface area (Å²) < 4.78 is 65.6. The molecule has 0 spiro atoms. The van der Waals surface area contributed by atoms with Crippen molar-refractivity contribution in [3.8, 4) is 0 Å². The Kier molecular flexibility index (Phi) is 5.77. The minimum atomic E-state index is -4.54. The van der Waals surface area contributed by atoms with E-state index < -0.39 is 33.3 Å². The van der Waals surface area contributed by atoms with Gasteiger partial charge in [-0.1, -0.05) is 13.3 Å². The number of esters is 1. The number of sulfone groups is 1. The maximum atomic E-state index is 12.4. The Labute approximate surface area is 120 Å². The average Bonchev–Trinajstić information content (AvgIpc) is 2.37. The van der Waals surface area contributed by atoms with Crippen molar-refractivity contribution in [2.45, 2.75) is 30.8 Å². The molecule has 4 nitrogen and oxygen atoms in total. The first-order valence-corrected chi connectivity index (χ1v) is 7.87. The molecule has 0 aromatic heterocycles. The first kappa shape index (κ1) is 17.5. The monoisotopic (exact) mass is 324 g/mol. The van der Waals surface area contributed by atoms with Crippen molar-refractivity contribution in [1.29, 1.82) is 0 Å². The van der Waals surface area contributed by atoms with Gasteiger partial charge in [-0.15, -0.1) is 0 Å². The van der Waals surface area contributed by atoms with Crippen LogP contribution in [0.5, 0.6) is 0 Å². The quantitative estimate of drug-likeness (QED) is 0.596. The molecule has 0 aliphatic rings. The lowest BCUT2D eigenvalue weighted by atomic mass is 10.2. The normalized spacial score (nSPS) is 12.2. The van der Waals surface area contributed by atoms with E-state index in [2.05, 4.69) is 0 Å². The van der Waals surface area contributed by atoms with Crippen LogP contribution < -0.4 is 0 Å². The molecule has 21 heavy (non-hydrogen) atoms. The van der Waals surface area contributed by atoms with Gasteiger partial charge < -0.3 is 4.74 Å². The zero-order valence-electron chi connectivity index (χ0n) is 11.3. The predicted octanol–water partition coefficient (Wildman–Crippen LogP) is 2.82. The zero-order valence-corrected chi connectivity index (χ0v) is 12.1. The number of carbonyl (C=O) groups is 1. The fourth-order valence-corrected chi connectivity index (χ4v) is 2.57. The minimum Gasteiger partial charge on any atom is -0.465 e. The predicted molar refractivity (Wildman–Crippen MR) is 69.4 cm³/mol. The molecule has 0 N–H and O–H groups in total. The van der Waals surface area contributed by atoms with E-state index in [4.69, 9.17) is 4.74 Å². The molecular weight excluding hydrogens is 309 g/mol. The van der Waals surface area contributed by atoms with Crippen molar-refractivity contribution >= 4 is 15.8 Å². The molecule has 0 heterocycles. The molecule has 0 aliphatic heterocycles. The molecule has 0 amide bonds. The van der Waals surface area contributed by atoms with E-state index in [0.717, 1.165) is 18.6 Å². The third-order valence-electron chi connectivity index (χ3n) is 2.61. The van der Waals surface area contributed by atoms with Gasteiger partial charge in [0.15, 0.2) is 15.6 Å². The van der Waals surface area contributed by atoms with Crippen molar-refractivity contribution in [3.05, 3.63) is 29.8 Å². The van der Waals surface area contributed by atoms with Crippen molar-refractivity contribution in [1.82, 2.24) is 0 Å². The number of alkyl halides is 3. The Morgan fingerprint density at radius 2 is 1.76 bits per heavy atom. The van der Waals surface area contributed by atoms with Crippen LogP contribution in [0.15, 0.2) is 29.2 Å². The Bertz CT molecular complexity index is 576. The van der Waals surface area contributed by atoms with Crippen LogP contribution in [0.3, 0.4) is 0 Å². The number of ether oxygens (including phenoxy) is 1. The first-order chi connectivity index (χ1) is 9.66. The highest BCUT2D eigenvalue weighted by atomic mass is 32.2. The minimum absolute atomic E-state index is 0.123. The highest BCUT2D eigenvalue weighted by Crippen LogP contribution is 2.29. The Balaban J connectivity index is 2.77. The number of unbranched alkanes of at least 4 members (excludes halogenated alkanes) is 1. The van der Waals surface area contributed by atoms with Gasteiger partial charge in [-0.05, 0) is 30.7 Å². The average molecular weight is 324 g/mol. The molecule has 0 bridgehead atoms. The number of benzene rings is 1. The molecule has 8 heteroatoms. The van der Waals surface area contributed by atoms with Crippen molar-refractivity contribution in [3.63, 3.8) is 0 Å². The molecule has 0 saturated carbocycles. The number of hydrogen-bond donors (Lipinski definition) is 0. The van der Waals surface area contributed by atoms with Gasteiger partial charge in [-0.3, -0.25) is 4.79 Å². The topological polar surface area (TPSA) is 60.4 Å². The highest BCUT2D eigenvalue weighted by Gasteiger charge is 2.31. The van der Waals surface area contributed by atoms with Crippen molar-refractivity contribution in [2.75, 3.05) is 12.4 Å². The SMILES string of the molecule is CCCCOC(=O)CS(=O)(=O)c1ccc(C(F)(F)F)cc1. The summed E-state index contributed by atoms with van der Waals surface area (Å²) in [5.74, 6) is -1.80. The van der Waals surface area contributed by atoms with Crippen LogP contribution in [0, 0.1) is 0 Å². The van der Waals surface area contributed by atoms with Crippen LogP contribution in [-0.2, 0) is 25.5 Å². The summed E-state index contributed by atoms with van der Waals surface area (Å²) in [5, 5.41) is 0. The molecule has 0 radical (unpaired) electrons. The fourth-order valence-electron chi connectivity index (χ4n) is 1.46. The van der Waals surface area contributed by atoms with E-state index in [-0.39, 0.29) is 11.5 Å². The van der Waals surface area contributed by atoms with Gasteiger partial charge in [-0.25, -0.2) is 8.42 Å². The Morgan fingerprint density at radius 3 is 2.24 bits per heavy atom. The third-order valence-corrected chi connectivity index (χ3v) is 4.22. The summed E-state index contributed by atoms with van der Waals surface area (Å²) in [6.45, 7) is 2.00. The number of carbonyl (C=O) groups excluding carboxylic acids is 1. The maximum Gasteiger partial charge on any atom is 0.416 e. The van der Waals surface area contributed by atoms with Gasteiger partial charge in [0.2, 0.25) is 0 Å². The summed E-state index contributed by atoms with van der Waals surface area (Å²) in [6.07, 6.45) is -3.13. The molecule has 0 atom stereocenters. The van der Waals surface area contributed by atoms with E-state index in [0.29, 0.717) is 18.6 Å². The van der Waals surface area contributed by atoms with E-state index in [1.54, 1.807) is 0 Å². The molecule has 0 saturated heterocycles. The molecule has 0 fully saturated rings. The van der Waals surface area contributed by atoms with Crippen LogP contribution in [0.2, 0.25) is 0 Å². The van der Waals surface area contributed by atoms with Crippen LogP contribution in [0.4, 0.5) is 13.2 Å². The summed E-state index contributed by atoms with van der Waals surface area (Å²) in [4.78, 5) is 11.0. The molecule has 118 valence electrons. The molecule has 1 rings (SSSR count). The van der Waals surface area contributed by atoms with Crippen LogP contribution in [0.25, 0.3) is 0 Å². The lowest BCUT2D eigenvalue weighted by molar-refractivity contribution is -0.140. The van der Waals surface area contributed by atoms with E-state index in [1.807, 2.05) is 6.92 Å². The fraction of sp³-hybridized carbons (Fsp3) is 0.462. The van der Waals surface area contributed by atoms with Gasteiger partial charge in [0.05, 0.1) is 17.1 Å². The molecule has 1 aromatic carbocycles. The van der Waals surface area contributed by atoms with E-state index >= 15 is 0 Å². The van der Waals surface area contributed by atoms with E-state index in [1.165, 1.54) is 0 Å². The number of halogens is 3. The smallest absolute Gasteiger partial charge is 0.416 e.